The number of aromatic nitrogens is 2. The Balaban J connectivity index is 2.02. The number of halogens is 2. The van der Waals surface area contributed by atoms with Crippen LogP contribution in [0.1, 0.15) is 10.4 Å². The molecule has 2 aromatic heterocycles. The summed E-state index contributed by atoms with van der Waals surface area (Å²) in [6, 6.07) is 9.53. The van der Waals surface area contributed by atoms with Gasteiger partial charge in [-0.2, -0.15) is 4.48 Å². The molecular weight excluding hydrogens is 479 g/mol. The second kappa shape index (κ2) is 9.05. The van der Waals surface area contributed by atoms with E-state index in [4.69, 9.17) is 23.1 Å². The molecule has 0 fully saturated rings. The lowest BCUT2D eigenvalue weighted by molar-refractivity contribution is -0.118. The molecule has 2 amide bonds. The number of rotatable bonds is 6. The van der Waals surface area contributed by atoms with Gasteiger partial charge in [0.1, 0.15) is 6.54 Å². The molecule has 0 aliphatic carbocycles. The number of hydrogen-bond donors (Lipinski definition) is 2. The number of benzene rings is 1. The van der Waals surface area contributed by atoms with E-state index in [1.54, 1.807) is 0 Å². The van der Waals surface area contributed by atoms with E-state index < -0.39 is 33.4 Å². The fourth-order valence-electron chi connectivity index (χ4n) is 3.98. The number of quaternary nitrogens is 1. The first kappa shape index (κ1) is 23.7. The van der Waals surface area contributed by atoms with Crippen molar-refractivity contribution >= 4 is 47.4 Å². The minimum atomic E-state index is -1.06. The van der Waals surface area contributed by atoms with Crippen LogP contribution in [0.15, 0.2) is 76.0 Å². The Labute approximate surface area is 202 Å². The first-order chi connectivity index (χ1) is 16.7. The highest BCUT2D eigenvalue weighted by molar-refractivity contribution is 6.30. The van der Waals surface area contributed by atoms with Crippen LogP contribution in [-0.4, -0.2) is 40.4 Å². The molecule has 0 saturated carbocycles. The van der Waals surface area contributed by atoms with Crippen molar-refractivity contribution in [3.8, 4) is 5.69 Å². The van der Waals surface area contributed by atoms with E-state index in [-0.39, 0.29) is 40.0 Å². The normalized spacial score (nSPS) is 17.3. The maximum absolute atomic E-state index is 15.8. The van der Waals surface area contributed by atoms with Crippen LogP contribution in [0.3, 0.4) is 0 Å². The molecule has 10 nitrogen and oxygen atoms in total. The fraction of sp³-hybridized carbons (Fsp3) is 0.0435. The predicted molar refractivity (Wildman–Crippen MR) is 127 cm³/mol. The molecule has 4 rings (SSSR count). The average Bonchev–Trinajstić information content (AvgIpc) is 2.83. The molecule has 0 bridgehead atoms. The molecular formula is C23H17ClFN6O4+. The molecule has 0 saturated heterocycles. The third-order valence-corrected chi connectivity index (χ3v) is 5.70. The number of nitrogens with zero attached hydrogens (tertiary/aromatic N) is 4. The summed E-state index contributed by atoms with van der Waals surface area (Å²) in [4.78, 5) is 56.6. The van der Waals surface area contributed by atoms with Gasteiger partial charge in [0.2, 0.25) is 11.5 Å². The molecule has 1 atom stereocenters. The smallest absolute Gasteiger partial charge is 0.306 e. The Morgan fingerprint density at radius 3 is 2.51 bits per heavy atom. The minimum absolute atomic E-state index is 0.108. The van der Waals surface area contributed by atoms with Crippen molar-refractivity contribution in [3.63, 3.8) is 0 Å². The Hall–Kier alpha value is -4.48. The molecule has 3 heterocycles. The van der Waals surface area contributed by atoms with Gasteiger partial charge < -0.3 is 11.5 Å². The summed E-state index contributed by atoms with van der Waals surface area (Å²) in [5.74, 6) is -2.85. The summed E-state index contributed by atoms with van der Waals surface area (Å²) < 4.78 is 16.2. The van der Waals surface area contributed by atoms with Crippen LogP contribution in [0, 0.1) is 5.82 Å². The maximum atomic E-state index is 15.8. The molecule has 35 heavy (non-hydrogen) atoms. The summed E-state index contributed by atoms with van der Waals surface area (Å²) in [7, 11) is 0. The Bertz CT molecular complexity index is 1500. The van der Waals surface area contributed by atoms with Crippen LogP contribution in [0.2, 0.25) is 5.02 Å². The van der Waals surface area contributed by atoms with E-state index >= 15 is 4.39 Å². The second-order valence-electron chi connectivity index (χ2n) is 7.46. The lowest BCUT2D eigenvalue weighted by Crippen LogP contribution is -2.53. The van der Waals surface area contributed by atoms with Crippen LogP contribution in [-0.2, 0) is 9.59 Å². The highest BCUT2D eigenvalue weighted by Crippen LogP contribution is 2.42. The van der Waals surface area contributed by atoms with Crippen molar-refractivity contribution in [2.45, 2.75) is 0 Å². The number of primary amides is 2. The minimum Gasteiger partial charge on any atom is -0.364 e. The van der Waals surface area contributed by atoms with E-state index in [2.05, 4.69) is 9.98 Å². The third kappa shape index (κ3) is 3.92. The van der Waals surface area contributed by atoms with Crippen LogP contribution in [0.25, 0.3) is 5.69 Å². The Morgan fingerprint density at radius 1 is 1.14 bits per heavy atom. The van der Waals surface area contributed by atoms with Crippen LogP contribution >= 0.6 is 11.6 Å². The molecule has 1 aliphatic heterocycles. The summed E-state index contributed by atoms with van der Waals surface area (Å²) >= 11 is 5.97. The van der Waals surface area contributed by atoms with Gasteiger partial charge in [-0.1, -0.05) is 11.6 Å². The maximum Gasteiger partial charge on any atom is 0.306 e. The van der Waals surface area contributed by atoms with Crippen molar-refractivity contribution in [1.29, 1.82) is 0 Å². The van der Waals surface area contributed by atoms with Crippen molar-refractivity contribution in [2.24, 2.45) is 16.5 Å². The summed E-state index contributed by atoms with van der Waals surface area (Å²) in [5, 5.41) is 0.280. The van der Waals surface area contributed by atoms with Gasteiger partial charge in [-0.3, -0.25) is 23.7 Å². The molecule has 4 N–H and O–H groups in total. The lowest BCUT2D eigenvalue weighted by Gasteiger charge is -2.37. The van der Waals surface area contributed by atoms with Gasteiger partial charge in [0.15, 0.2) is 23.5 Å². The first-order valence-corrected chi connectivity index (χ1v) is 10.4. The van der Waals surface area contributed by atoms with Crippen molar-refractivity contribution < 1.29 is 18.8 Å². The summed E-state index contributed by atoms with van der Waals surface area (Å²) in [6.45, 7) is -0.138. The predicted octanol–water partition coefficient (Wildman–Crippen LogP) is 1.74. The number of nitrogens with two attached hydrogens (primary N) is 2. The van der Waals surface area contributed by atoms with Crippen LogP contribution in [0.5, 0.6) is 0 Å². The molecule has 0 spiro atoms. The number of aliphatic imine (C=N–C) groups is 1. The number of carbonyl (C=O) groups is 3. The van der Waals surface area contributed by atoms with Gasteiger partial charge in [-0.05, 0) is 24.3 Å². The standard InChI is InChI=1S/C23H16ClFN6O4/c24-14-3-6-18(29-11-14)31(9-7-28-19(21(26)33)20(31)22(27)34)17-5-4-15(10-16(17)25)30-8-1-2-13(12-32)23(30)35/h1-8,10-12H,9H2,(H3-,26,27,33,34)/p+1. The van der Waals surface area contributed by atoms with Gasteiger partial charge >= 0.3 is 5.91 Å². The van der Waals surface area contributed by atoms with E-state index in [0.29, 0.717) is 6.29 Å². The van der Waals surface area contributed by atoms with Gasteiger partial charge in [-0.15, -0.1) is 0 Å². The number of pyridine rings is 2. The quantitative estimate of drug-likeness (QED) is 0.394. The van der Waals surface area contributed by atoms with Crippen LogP contribution < -0.4 is 21.5 Å². The van der Waals surface area contributed by atoms with Gasteiger partial charge in [-0.25, -0.2) is 14.4 Å². The van der Waals surface area contributed by atoms with Crippen LogP contribution in [0.4, 0.5) is 15.9 Å². The third-order valence-electron chi connectivity index (χ3n) is 5.48. The van der Waals surface area contributed by atoms with E-state index in [9.17, 15) is 19.2 Å². The molecule has 176 valence electrons. The fourth-order valence-corrected chi connectivity index (χ4v) is 4.09. The monoisotopic (exact) mass is 495 g/mol. The second-order valence-corrected chi connectivity index (χ2v) is 7.89. The number of hydrogen-bond acceptors (Lipinski definition) is 6. The first-order valence-electron chi connectivity index (χ1n) is 10.0. The molecule has 3 aromatic rings. The lowest BCUT2D eigenvalue weighted by atomic mass is 10.1. The Morgan fingerprint density at radius 2 is 1.91 bits per heavy atom. The molecule has 1 aliphatic rings. The average molecular weight is 496 g/mol. The van der Waals surface area contributed by atoms with Gasteiger partial charge in [0, 0.05) is 24.4 Å². The van der Waals surface area contributed by atoms with E-state index in [1.165, 1.54) is 55.0 Å². The van der Waals surface area contributed by atoms with Crippen molar-refractivity contribution in [1.82, 2.24) is 14.0 Å². The zero-order valence-corrected chi connectivity index (χ0v) is 18.6. The molecule has 12 heteroatoms. The summed E-state index contributed by atoms with van der Waals surface area (Å²) in [6.07, 6.45) is 4.37. The SMILES string of the molecule is NC(=O)C1=C(C(N)=O)[N+](c2ccc(Cl)cn2)(c2ccc(-n3cccc(C=O)c3=O)cc2F)CC=N1. The molecule has 0 radical (unpaired) electrons. The Kier molecular flexibility index (Phi) is 6.12. The largest absolute Gasteiger partial charge is 0.364 e. The zero-order valence-electron chi connectivity index (χ0n) is 17.9. The molecule has 1 unspecified atom stereocenters. The van der Waals surface area contributed by atoms with Crippen molar-refractivity contribution in [3.05, 3.63) is 93.0 Å². The number of aldehydes is 1. The summed E-state index contributed by atoms with van der Waals surface area (Å²) in [5.41, 5.74) is 9.51. The highest BCUT2D eigenvalue weighted by Gasteiger charge is 2.49. The van der Waals surface area contributed by atoms with E-state index in [1.807, 2.05) is 0 Å². The highest BCUT2D eigenvalue weighted by atomic mass is 35.5. The zero-order chi connectivity index (χ0) is 25.3. The molecule has 1 aromatic carbocycles. The van der Waals surface area contributed by atoms with E-state index in [0.717, 1.165) is 10.6 Å². The van der Waals surface area contributed by atoms with Crippen molar-refractivity contribution in [2.75, 3.05) is 6.54 Å². The number of carbonyl (C=O) groups excluding carboxylic acids is 3. The topological polar surface area (TPSA) is 150 Å². The van der Waals surface area contributed by atoms with Gasteiger partial charge in [0.05, 0.1) is 28.7 Å². The number of amides is 2. The van der Waals surface area contributed by atoms with Gasteiger partial charge in [0.25, 0.3) is 11.5 Å².